The Balaban J connectivity index is 1.96. The molecule has 25 heavy (non-hydrogen) atoms. The van der Waals surface area contributed by atoms with Crippen molar-refractivity contribution in [2.45, 2.75) is 19.3 Å². The van der Waals surface area contributed by atoms with Crippen molar-refractivity contribution in [3.63, 3.8) is 0 Å². The van der Waals surface area contributed by atoms with Gasteiger partial charge in [0.1, 0.15) is 6.29 Å². The number of rotatable bonds is 5. The molecule has 0 radical (unpaired) electrons. The Bertz CT molecular complexity index is 833. The summed E-state index contributed by atoms with van der Waals surface area (Å²) in [6, 6.07) is 16.5. The molecule has 2 N–H and O–H groups in total. The highest BCUT2D eigenvalue weighted by atomic mass is 16.4. The molecule has 0 aromatic heterocycles. The van der Waals surface area contributed by atoms with Crippen LogP contribution in [0.3, 0.4) is 0 Å². The number of aromatic carboxylic acids is 1. The largest absolute Gasteiger partial charge is 0.478 e. The Morgan fingerprint density at radius 3 is 2.36 bits per heavy atom. The zero-order valence-corrected chi connectivity index (χ0v) is 13.7. The van der Waals surface area contributed by atoms with E-state index in [0.29, 0.717) is 0 Å². The van der Waals surface area contributed by atoms with Crippen molar-refractivity contribution in [3.8, 4) is 0 Å². The first kappa shape index (κ1) is 16.7. The third-order valence-electron chi connectivity index (χ3n) is 4.28. The van der Waals surface area contributed by atoms with Crippen LogP contribution in [0.5, 0.6) is 0 Å². The first-order valence-corrected chi connectivity index (χ1v) is 8.22. The second-order valence-corrected chi connectivity index (χ2v) is 5.93. The van der Waals surface area contributed by atoms with E-state index >= 15 is 0 Å². The Labute approximate surface area is 146 Å². The minimum absolute atomic E-state index is 0.237. The highest BCUT2D eigenvalue weighted by molar-refractivity contribution is 5.96. The summed E-state index contributed by atoms with van der Waals surface area (Å²) in [5.74, 6) is -0.957. The summed E-state index contributed by atoms with van der Waals surface area (Å²) in [6.45, 7) is 0. The van der Waals surface area contributed by atoms with E-state index in [1.165, 1.54) is 0 Å². The van der Waals surface area contributed by atoms with Crippen molar-refractivity contribution in [3.05, 3.63) is 83.1 Å². The second-order valence-electron chi connectivity index (χ2n) is 5.93. The highest BCUT2D eigenvalue weighted by Gasteiger charge is 2.19. The van der Waals surface area contributed by atoms with Gasteiger partial charge in [0, 0.05) is 17.5 Å². The number of aldehydes is 1. The lowest BCUT2D eigenvalue weighted by molar-refractivity contribution is -0.105. The molecule has 0 fully saturated rings. The number of carboxylic acids is 1. The quantitative estimate of drug-likeness (QED) is 0.790. The van der Waals surface area contributed by atoms with Gasteiger partial charge in [-0.2, -0.15) is 0 Å². The van der Waals surface area contributed by atoms with Crippen LogP contribution in [-0.4, -0.2) is 17.4 Å². The van der Waals surface area contributed by atoms with E-state index in [1.54, 1.807) is 24.3 Å². The number of carboxylic acid groups (broad SMARTS) is 1. The third kappa shape index (κ3) is 3.86. The topological polar surface area (TPSA) is 66.4 Å². The number of nitrogens with one attached hydrogen (secondary N) is 1. The Morgan fingerprint density at radius 1 is 1.00 bits per heavy atom. The molecule has 3 rings (SSSR count). The van der Waals surface area contributed by atoms with Gasteiger partial charge in [0.2, 0.25) is 0 Å². The number of para-hydroxylation sites is 1. The van der Waals surface area contributed by atoms with E-state index in [-0.39, 0.29) is 5.56 Å². The van der Waals surface area contributed by atoms with Crippen molar-refractivity contribution < 1.29 is 14.7 Å². The van der Waals surface area contributed by atoms with Crippen molar-refractivity contribution in [2.24, 2.45) is 0 Å². The number of carbonyl (C=O) groups is 2. The van der Waals surface area contributed by atoms with Crippen LogP contribution in [0.15, 0.2) is 71.9 Å². The molecular weight excluding hydrogens is 314 g/mol. The molecule has 0 amide bonds. The molecule has 2 aromatic rings. The van der Waals surface area contributed by atoms with Gasteiger partial charge in [-0.25, -0.2) is 4.79 Å². The lowest BCUT2D eigenvalue weighted by atomic mass is 9.84. The van der Waals surface area contributed by atoms with E-state index in [9.17, 15) is 9.59 Å². The first-order chi connectivity index (χ1) is 12.2. The SMILES string of the molecule is O=CC1=C(c2ccc(C(=O)O)cc2)/C(=C/Nc2ccccc2)CCC1. The average Bonchev–Trinajstić information content (AvgIpc) is 2.67. The van der Waals surface area contributed by atoms with Gasteiger partial charge in [0.25, 0.3) is 0 Å². The standard InChI is InChI=1S/C21H19NO3/c23-14-18-6-4-5-17(13-22-19-7-2-1-3-8-19)20(18)15-9-11-16(12-10-15)21(24)25/h1-3,7-14,22H,4-6H2,(H,24,25)/b17-13+. The average molecular weight is 333 g/mol. The van der Waals surface area contributed by atoms with Crippen LogP contribution in [0, 0.1) is 0 Å². The summed E-state index contributed by atoms with van der Waals surface area (Å²) in [7, 11) is 0. The molecule has 0 unspecified atom stereocenters. The van der Waals surface area contributed by atoms with Crippen LogP contribution in [-0.2, 0) is 4.79 Å². The van der Waals surface area contributed by atoms with Crippen LogP contribution in [0.2, 0.25) is 0 Å². The van der Waals surface area contributed by atoms with Gasteiger partial charge >= 0.3 is 5.97 Å². The minimum atomic E-state index is -0.957. The molecule has 0 bridgehead atoms. The van der Waals surface area contributed by atoms with Crippen molar-refractivity contribution in [1.82, 2.24) is 0 Å². The summed E-state index contributed by atoms with van der Waals surface area (Å²) in [6.07, 6.45) is 5.39. The number of allylic oxidation sites excluding steroid dienone is 3. The van der Waals surface area contributed by atoms with E-state index in [2.05, 4.69) is 5.32 Å². The number of anilines is 1. The van der Waals surface area contributed by atoms with E-state index in [1.807, 2.05) is 36.5 Å². The normalized spacial score (nSPS) is 15.9. The van der Waals surface area contributed by atoms with Gasteiger partial charge in [0.05, 0.1) is 5.56 Å². The molecule has 0 spiro atoms. The number of carbonyl (C=O) groups excluding carboxylic acids is 1. The molecule has 0 saturated heterocycles. The fraction of sp³-hybridized carbons (Fsp3) is 0.143. The number of benzene rings is 2. The molecule has 4 nitrogen and oxygen atoms in total. The Kier molecular flexibility index (Phi) is 5.09. The number of hydrogen-bond acceptors (Lipinski definition) is 3. The van der Waals surface area contributed by atoms with Gasteiger partial charge < -0.3 is 10.4 Å². The third-order valence-corrected chi connectivity index (χ3v) is 4.28. The smallest absolute Gasteiger partial charge is 0.335 e. The van der Waals surface area contributed by atoms with Crippen molar-refractivity contribution in [2.75, 3.05) is 5.32 Å². The maximum absolute atomic E-state index is 11.5. The van der Waals surface area contributed by atoms with Gasteiger partial charge in [-0.05, 0) is 60.2 Å². The highest BCUT2D eigenvalue weighted by Crippen LogP contribution is 2.36. The molecule has 0 atom stereocenters. The van der Waals surface area contributed by atoms with Gasteiger partial charge in [-0.1, -0.05) is 30.3 Å². The molecule has 0 aliphatic heterocycles. The molecule has 0 heterocycles. The Morgan fingerprint density at radius 2 is 1.72 bits per heavy atom. The van der Waals surface area contributed by atoms with Crippen LogP contribution in [0.25, 0.3) is 5.57 Å². The molecule has 1 aliphatic rings. The monoisotopic (exact) mass is 333 g/mol. The molecule has 0 saturated carbocycles. The van der Waals surface area contributed by atoms with E-state index in [4.69, 9.17) is 5.11 Å². The fourth-order valence-corrected chi connectivity index (χ4v) is 3.04. The van der Waals surface area contributed by atoms with Crippen LogP contribution < -0.4 is 5.32 Å². The summed E-state index contributed by atoms with van der Waals surface area (Å²) in [4.78, 5) is 22.6. The van der Waals surface area contributed by atoms with Crippen LogP contribution >= 0.6 is 0 Å². The zero-order chi connectivity index (χ0) is 17.6. The molecule has 4 heteroatoms. The van der Waals surface area contributed by atoms with Gasteiger partial charge in [-0.3, -0.25) is 4.79 Å². The number of hydrogen-bond donors (Lipinski definition) is 2. The summed E-state index contributed by atoms with van der Waals surface area (Å²) in [5.41, 5.74) is 4.81. The van der Waals surface area contributed by atoms with Crippen LogP contribution in [0.4, 0.5) is 5.69 Å². The lowest BCUT2D eigenvalue weighted by Gasteiger charge is -2.21. The molecule has 126 valence electrons. The Hall–Kier alpha value is -3.14. The second kappa shape index (κ2) is 7.62. The summed E-state index contributed by atoms with van der Waals surface area (Å²) in [5, 5.41) is 12.3. The molecule has 2 aromatic carbocycles. The van der Waals surface area contributed by atoms with Gasteiger partial charge in [0.15, 0.2) is 0 Å². The fourth-order valence-electron chi connectivity index (χ4n) is 3.04. The van der Waals surface area contributed by atoms with E-state index in [0.717, 1.165) is 53.5 Å². The van der Waals surface area contributed by atoms with Crippen LogP contribution in [0.1, 0.15) is 35.2 Å². The predicted octanol–water partition coefficient (Wildman–Crippen LogP) is 4.52. The molecular formula is C21H19NO3. The van der Waals surface area contributed by atoms with E-state index < -0.39 is 5.97 Å². The summed E-state index contributed by atoms with van der Waals surface area (Å²) < 4.78 is 0. The maximum atomic E-state index is 11.5. The van der Waals surface area contributed by atoms with Crippen molar-refractivity contribution in [1.29, 1.82) is 0 Å². The summed E-state index contributed by atoms with van der Waals surface area (Å²) >= 11 is 0. The zero-order valence-electron chi connectivity index (χ0n) is 13.7. The maximum Gasteiger partial charge on any atom is 0.335 e. The molecule has 1 aliphatic carbocycles. The first-order valence-electron chi connectivity index (χ1n) is 8.22. The lowest BCUT2D eigenvalue weighted by Crippen LogP contribution is -2.06. The predicted molar refractivity (Wildman–Crippen MR) is 98.4 cm³/mol. The minimum Gasteiger partial charge on any atom is -0.478 e. The van der Waals surface area contributed by atoms with Gasteiger partial charge in [-0.15, -0.1) is 0 Å². The van der Waals surface area contributed by atoms with Crippen molar-refractivity contribution >= 4 is 23.5 Å².